The lowest BCUT2D eigenvalue weighted by molar-refractivity contribution is 0.0577. The standard InChI is InChI=1S/C11H16Br2O3/c12-7-3-1-5-9-15-11(14)16-10-6-2-4-8-13/h1-4H,5-10H2/b3-1-,4-2-. The van der Waals surface area contributed by atoms with Crippen LogP contribution in [0.3, 0.4) is 0 Å². The summed E-state index contributed by atoms with van der Waals surface area (Å²) in [5.74, 6) is 0. The van der Waals surface area contributed by atoms with E-state index in [1.54, 1.807) is 0 Å². The fourth-order valence-corrected chi connectivity index (χ4v) is 1.35. The van der Waals surface area contributed by atoms with Gasteiger partial charge in [-0.05, 0) is 12.8 Å². The van der Waals surface area contributed by atoms with Gasteiger partial charge in [-0.1, -0.05) is 56.2 Å². The zero-order valence-electron chi connectivity index (χ0n) is 9.03. The Morgan fingerprint density at radius 2 is 1.31 bits per heavy atom. The molecular weight excluding hydrogens is 340 g/mol. The average molecular weight is 356 g/mol. The second-order valence-electron chi connectivity index (χ2n) is 2.78. The van der Waals surface area contributed by atoms with Gasteiger partial charge >= 0.3 is 6.16 Å². The number of rotatable bonds is 8. The third-order valence-corrected chi connectivity index (χ3v) is 2.27. The number of allylic oxidation sites excluding steroid dienone is 2. The van der Waals surface area contributed by atoms with E-state index in [1.165, 1.54) is 0 Å². The Morgan fingerprint density at radius 1 is 0.875 bits per heavy atom. The molecule has 0 N–H and O–H groups in total. The summed E-state index contributed by atoms with van der Waals surface area (Å²) < 4.78 is 9.67. The smallest absolute Gasteiger partial charge is 0.434 e. The van der Waals surface area contributed by atoms with E-state index < -0.39 is 6.16 Å². The summed E-state index contributed by atoms with van der Waals surface area (Å²) in [5.41, 5.74) is 0. The molecule has 0 saturated carbocycles. The number of halogens is 2. The maximum absolute atomic E-state index is 11.0. The van der Waals surface area contributed by atoms with Crippen molar-refractivity contribution in [3.05, 3.63) is 24.3 Å². The second kappa shape index (κ2) is 12.8. The van der Waals surface area contributed by atoms with Crippen molar-refractivity contribution in [3.8, 4) is 0 Å². The summed E-state index contributed by atoms with van der Waals surface area (Å²) >= 11 is 6.51. The van der Waals surface area contributed by atoms with Gasteiger partial charge in [-0.25, -0.2) is 4.79 Å². The summed E-state index contributed by atoms with van der Waals surface area (Å²) in [6.45, 7) is 0.721. The number of alkyl halides is 2. The van der Waals surface area contributed by atoms with Crippen molar-refractivity contribution in [2.24, 2.45) is 0 Å². The molecule has 0 amide bonds. The van der Waals surface area contributed by atoms with E-state index in [4.69, 9.17) is 9.47 Å². The lowest BCUT2D eigenvalue weighted by atomic mass is 10.4. The summed E-state index contributed by atoms with van der Waals surface area (Å²) in [7, 11) is 0. The van der Waals surface area contributed by atoms with Crippen LogP contribution in [0.2, 0.25) is 0 Å². The molecule has 0 rings (SSSR count). The molecule has 3 nitrogen and oxygen atoms in total. The SMILES string of the molecule is O=C(OCC/C=C\CBr)OCC/C=C\CBr. The Hall–Kier alpha value is -0.290. The fourth-order valence-electron chi connectivity index (χ4n) is 0.824. The van der Waals surface area contributed by atoms with E-state index in [-0.39, 0.29) is 0 Å². The fraction of sp³-hybridized carbons (Fsp3) is 0.545. The van der Waals surface area contributed by atoms with Crippen LogP contribution in [0, 0.1) is 0 Å². The van der Waals surface area contributed by atoms with Crippen molar-refractivity contribution < 1.29 is 14.3 Å². The molecule has 0 aromatic heterocycles. The lowest BCUT2D eigenvalue weighted by Gasteiger charge is -2.03. The highest BCUT2D eigenvalue weighted by Gasteiger charge is 2.00. The highest BCUT2D eigenvalue weighted by Crippen LogP contribution is 1.94. The van der Waals surface area contributed by atoms with Gasteiger partial charge in [0.1, 0.15) is 0 Å². The number of carbonyl (C=O) groups is 1. The van der Waals surface area contributed by atoms with Crippen molar-refractivity contribution >= 4 is 38.0 Å². The normalized spacial score (nSPS) is 11.1. The summed E-state index contributed by atoms with van der Waals surface area (Å²) in [4.78, 5) is 11.0. The first-order valence-electron chi connectivity index (χ1n) is 5.02. The van der Waals surface area contributed by atoms with Crippen LogP contribution in [0.25, 0.3) is 0 Å². The van der Waals surface area contributed by atoms with E-state index in [2.05, 4.69) is 31.9 Å². The van der Waals surface area contributed by atoms with Crippen molar-refractivity contribution in [2.45, 2.75) is 12.8 Å². The Bertz CT molecular complexity index is 205. The maximum Gasteiger partial charge on any atom is 0.508 e. The van der Waals surface area contributed by atoms with E-state index in [1.807, 2.05) is 24.3 Å². The largest absolute Gasteiger partial charge is 0.508 e. The zero-order chi connectivity index (χ0) is 12.1. The van der Waals surface area contributed by atoms with Crippen LogP contribution < -0.4 is 0 Å². The lowest BCUT2D eigenvalue weighted by Crippen LogP contribution is -2.08. The molecule has 0 radical (unpaired) electrons. The number of hydrogen-bond donors (Lipinski definition) is 0. The Kier molecular flexibility index (Phi) is 12.5. The first-order chi connectivity index (χ1) is 7.81. The zero-order valence-corrected chi connectivity index (χ0v) is 12.2. The minimum absolute atomic E-state index is 0.361. The van der Waals surface area contributed by atoms with Crippen molar-refractivity contribution in [1.82, 2.24) is 0 Å². The van der Waals surface area contributed by atoms with Gasteiger partial charge in [0.2, 0.25) is 0 Å². The first-order valence-corrected chi connectivity index (χ1v) is 7.27. The third kappa shape index (κ3) is 11.8. The predicted molar refractivity (Wildman–Crippen MR) is 72.4 cm³/mol. The van der Waals surface area contributed by atoms with Crippen LogP contribution in [0.5, 0.6) is 0 Å². The molecular formula is C11H16Br2O3. The van der Waals surface area contributed by atoms with Gasteiger partial charge in [0.15, 0.2) is 0 Å². The summed E-state index contributed by atoms with van der Waals surface area (Å²) in [6.07, 6.45) is 8.63. The maximum atomic E-state index is 11.0. The topological polar surface area (TPSA) is 35.5 Å². The molecule has 0 aliphatic heterocycles. The molecule has 0 heterocycles. The van der Waals surface area contributed by atoms with Crippen LogP contribution in [-0.4, -0.2) is 30.0 Å². The molecule has 16 heavy (non-hydrogen) atoms. The van der Waals surface area contributed by atoms with Gasteiger partial charge in [-0.15, -0.1) is 0 Å². The van der Waals surface area contributed by atoms with E-state index in [9.17, 15) is 4.79 Å². The molecule has 0 aliphatic rings. The van der Waals surface area contributed by atoms with Crippen LogP contribution in [0.15, 0.2) is 24.3 Å². The highest BCUT2D eigenvalue weighted by molar-refractivity contribution is 9.09. The average Bonchev–Trinajstić information content (AvgIpc) is 2.28. The van der Waals surface area contributed by atoms with Crippen molar-refractivity contribution in [3.63, 3.8) is 0 Å². The molecule has 0 atom stereocenters. The molecule has 92 valence electrons. The number of carbonyl (C=O) groups excluding carboxylic acids is 1. The highest BCUT2D eigenvalue weighted by atomic mass is 79.9. The van der Waals surface area contributed by atoms with E-state index in [0.29, 0.717) is 26.1 Å². The number of ether oxygens (including phenoxy) is 2. The van der Waals surface area contributed by atoms with E-state index >= 15 is 0 Å². The second-order valence-corrected chi connectivity index (χ2v) is 4.07. The van der Waals surface area contributed by atoms with Gasteiger partial charge in [-0.2, -0.15) is 0 Å². The van der Waals surface area contributed by atoms with Gasteiger partial charge in [0.05, 0.1) is 13.2 Å². The van der Waals surface area contributed by atoms with Crippen LogP contribution in [0.1, 0.15) is 12.8 Å². The number of hydrogen-bond acceptors (Lipinski definition) is 3. The molecule has 0 fully saturated rings. The molecule has 5 heteroatoms. The predicted octanol–water partition coefficient (Wildman–Crippen LogP) is 3.82. The van der Waals surface area contributed by atoms with Crippen LogP contribution in [-0.2, 0) is 9.47 Å². The third-order valence-electron chi connectivity index (χ3n) is 1.52. The molecule has 0 unspecified atom stereocenters. The summed E-state index contributed by atoms with van der Waals surface area (Å²) in [5, 5.41) is 1.63. The van der Waals surface area contributed by atoms with Crippen molar-refractivity contribution in [1.29, 1.82) is 0 Å². The molecule has 0 saturated heterocycles. The quantitative estimate of drug-likeness (QED) is 0.287. The van der Waals surface area contributed by atoms with E-state index in [0.717, 1.165) is 10.7 Å². The molecule has 0 aliphatic carbocycles. The molecule has 0 bridgehead atoms. The Morgan fingerprint density at radius 3 is 1.69 bits per heavy atom. The van der Waals surface area contributed by atoms with Gasteiger partial charge < -0.3 is 9.47 Å². The first kappa shape index (κ1) is 15.7. The van der Waals surface area contributed by atoms with Crippen molar-refractivity contribution in [2.75, 3.05) is 23.9 Å². The molecule has 0 aromatic rings. The van der Waals surface area contributed by atoms with Gasteiger partial charge in [0.25, 0.3) is 0 Å². The monoisotopic (exact) mass is 354 g/mol. The van der Waals surface area contributed by atoms with Gasteiger partial charge in [0, 0.05) is 10.7 Å². The van der Waals surface area contributed by atoms with Gasteiger partial charge in [-0.3, -0.25) is 0 Å². The van der Waals surface area contributed by atoms with Crippen LogP contribution in [0.4, 0.5) is 4.79 Å². The Balaban J connectivity index is 3.31. The summed E-state index contributed by atoms with van der Waals surface area (Å²) in [6, 6.07) is 0. The van der Waals surface area contributed by atoms with Crippen LogP contribution >= 0.6 is 31.9 Å². The Labute approximate surface area is 113 Å². The minimum Gasteiger partial charge on any atom is -0.434 e. The minimum atomic E-state index is -0.598. The molecule has 0 spiro atoms. The molecule has 0 aromatic carbocycles.